The van der Waals surface area contributed by atoms with Crippen LogP contribution in [0.1, 0.15) is 18.1 Å². The van der Waals surface area contributed by atoms with Crippen molar-refractivity contribution < 1.29 is 22.7 Å². The van der Waals surface area contributed by atoms with E-state index in [1.165, 1.54) is 20.0 Å². The SMILES string of the molecule is CNC(=O)C(C)Oc1ccc(C#N)cc1C(F)(F)F. The van der Waals surface area contributed by atoms with Crippen LogP contribution >= 0.6 is 0 Å². The van der Waals surface area contributed by atoms with Crippen molar-refractivity contribution in [1.82, 2.24) is 5.32 Å². The molecule has 1 aromatic rings. The van der Waals surface area contributed by atoms with E-state index in [1.807, 2.05) is 0 Å². The van der Waals surface area contributed by atoms with Gasteiger partial charge < -0.3 is 10.1 Å². The van der Waals surface area contributed by atoms with Crippen LogP contribution in [0.4, 0.5) is 13.2 Å². The van der Waals surface area contributed by atoms with Gasteiger partial charge >= 0.3 is 6.18 Å². The van der Waals surface area contributed by atoms with Gasteiger partial charge in [0.15, 0.2) is 6.10 Å². The van der Waals surface area contributed by atoms with Gasteiger partial charge in [-0.15, -0.1) is 0 Å². The molecule has 0 spiro atoms. The third-order valence-corrected chi connectivity index (χ3v) is 2.33. The molecule has 1 atom stereocenters. The van der Waals surface area contributed by atoms with Gasteiger partial charge in [0.25, 0.3) is 5.91 Å². The van der Waals surface area contributed by atoms with Crippen molar-refractivity contribution in [3.05, 3.63) is 29.3 Å². The Morgan fingerprint density at radius 3 is 2.58 bits per heavy atom. The molecule has 4 nitrogen and oxygen atoms in total. The minimum Gasteiger partial charge on any atom is -0.480 e. The summed E-state index contributed by atoms with van der Waals surface area (Å²) in [6, 6.07) is 4.53. The summed E-state index contributed by atoms with van der Waals surface area (Å²) in [4.78, 5) is 11.2. The number of likely N-dealkylation sites (N-methyl/N-ethyl adjacent to an activating group) is 1. The second-order valence-electron chi connectivity index (χ2n) is 3.69. The number of carbonyl (C=O) groups excluding carboxylic acids is 1. The molecule has 0 fully saturated rings. The van der Waals surface area contributed by atoms with Gasteiger partial charge in [0.1, 0.15) is 5.75 Å². The van der Waals surface area contributed by atoms with E-state index in [0.29, 0.717) is 6.07 Å². The van der Waals surface area contributed by atoms with Crippen molar-refractivity contribution in [2.24, 2.45) is 0 Å². The molecule has 7 heteroatoms. The topological polar surface area (TPSA) is 62.1 Å². The molecule has 0 radical (unpaired) electrons. The van der Waals surface area contributed by atoms with E-state index in [4.69, 9.17) is 10.00 Å². The summed E-state index contributed by atoms with van der Waals surface area (Å²) in [5.41, 5.74) is -1.21. The fraction of sp³-hybridized carbons (Fsp3) is 0.333. The number of hydrogen-bond acceptors (Lipinski definition) is 3. The van der Waals surface area contributed by atoms with Crippen molar-refractivity contribution in [1.29, 1.82) is 5.26 Å². The van der Waals surface area contributed by atoms with Crippen LogP contribution in [-0.4, -0.2) is 19.1 Å². The third-order valence-electron chi connectivity index (χ3n) is 2.33. The second-order valence-corrected chi connectivity index (χ2v) is 3.69. The Morgan fingerprint density at radius 1 is 1.47 bits per heavy atom. The first kappa shape index (κ1) is 14.8. The van der Waals surface area contributed by atoms with E-state index in [9.17, 15) is 18.0 Å². The number of hydrogen-bond donors (Lipinski definition) is 1. The summed E-state index contributed by atoms with van der Waals surface area (Å²) in [7, 11) is 1.35. The monoisotopic (exact) mass is 272 g/mol. The molecule has 0 aliphatic heterocycles. The van der Waals surface area contributed by atoms with E-state index in [2.05, 4.69) is 5.32 Å². The molecule has 19 heavy (non-hydrogen) atoms. The molecule has 0 saturated heterocycles. The lowest BCUT2D eigenvalue weighted by molar-refractivity contribution is -0.140. The van der Waals surface area contributed by atoms with Crippen LogP contribution in [0.2, 0.25) is 0 Å². The number of benzene rings is 1. The van der Waals surface area contributed by atoms with Crippen LogP contribution in [0, 0.1) is 11.3 Å². The summed E-state index contributed by atoms with van der Waals surface area (Å²) in [5.74, 6) is -1.03. The highest BCUT2D eigenvalue weighted by molar-refractivity contribution is 5.80. The van der Waals surface area contributed by atoms with Gasteiger partial charge in [-0.1, -0.05) is 0 Å². The lowest BCUT2D eigenvalue weighted by atomic mass is 10.1. The van der Waals surface area contributed by atoms with Crippen LogP contribution in [0.5, 0.6) is 5.75 Å². The standard InChI is InChI=1S/C12H11F3N2O2/c1-7(11(18)17-2)19-10-4-3-8(6-16)5-9(10)12(13,14)15/h3-5,7H,1-2H3,(H,17,18). The summed E-state index contributed by atoms with van der Waals surface area (Å²) in [6.07, 6.45) is -5.73. The molecular formula is C12H11F3N2O2. The Hall–Kier alpha value is -2.23. The smallest absolute Gasteiger partial charge is 0.420 e. The maximum atomic E-state index is 12.8. The summed E-state index contributed by atoms with van der Waals surface area (Å²) < 4.78 is 43.4. The van der Waals surface area contributed by atoms with Gasteiger partial charge in [-0.3, -0.25) is 4.79 Å². The van der Waals surface area contributed by atoms with Crippen LogP contribution in [0.3, 0.4) is 0 Å². The van der Waals surface area contributed by atoms with Crippen molar-refractivity contribution in [2.75, 3.05) is 7.05 Å². The molecule has 0 aliphatic carbocycles. The predicted octanol–water partition coefficient (Wildman–Crippen LogP) is 2.09. The molecule has 1 unspecified atom stereocenters. The number of nitriles is 1. The molecule has 0 heterocycles. The van der Waals surface area contributed by atoms with Crippen molar-refractivity contribution in [3.63, 3.8) is 0 Å². The van der Waals surface area contributed by atoms with Gasteiger partial charge in [0.05, 0.1) is 17.2 Å². The van der Waals surface area contributed by atoms with Crippen LogP contribution in [0.25, 0.3) is 0 Å². The average molecular weight is 272 g/mol. The maximum absolute atomic E-state index is 12.8. The number of halogens is 3. The quantitative estimate of drug-likeness (QED) is 0.916. The van der Waals surface area contributed by atoms with E-state index in [0.717, 1.165) is 6.07 Å². The van der Waals surface area contributed by atoms with Gasteiger partial charge in [0.2, 0.25) is 0 Å². The van der Waals surface area contributed by atoms with Crippen LogP contribution in [0.15, 0.2) is 18.2 Å². The highest BCUT2D eigenvalue weighted by Gasteiger charge is 2.35. The molecule has 0 bridgehead atoms. The molecule has 1 rings (SSSR count). The van der Waals surface area contributed by atoms with Gasteiger partial charge in [-0.2, -0.15) is 18.4 Å². The van der Waals surface area contributed by atoms with Crippen LogP contribution < -0.4 is 10.1 Å². The second kappa shape index (κ2) is 5.61. The first-order valence-electron chi connectivity index (χ1n) is 5.29. The first-order valence-corrected chi connectivity index (χ1v) is 5.29. The number of alkyl halides is 3. The van der Waals surface area contributed by atoms with Crippen molar-refractivity contribution >= 4 is 5.91 Å². The lowest BCUT2D eigenvalue weighted by Gasteiger charge is -2.17. The highest BCUT2D eigenvalue weighted by Crippen LogP contribution is 2.37. The van der Waals surface area contributed by atoms with E-state index >= 15 is 0 Å². The van der Waals surface area contributed by atoms with E-state index in [1.54, 1.807) is 6.07 Å². The molecule has 1 N–H and O–H groups in total. The summed E-state index contributed by atoms with van der Waals surface area (Å²) >= 11 is 0. The first-order chi connectivity index (χ1) is 8.79. The molecule has 1 aromatic carbocycles. The van der Waals surface area contributed by atoms with Crippen LogP contribution in [-0.2, 0) is 11.0 Å². The summed E-state index contributed by atoms with van der Waals surface area (Å²) in [6.45, 7) is 1.33. The molecule has 0 aliphatic rings. The zero-order valence-electron chi connectivity index (χ0n) is 10.2. The van der Waals surface area contributed by atoms with Crippen molar-refractivity contribution in [2.45, 2.75) is 19.2 Å². The fourth-order valence-electron chi connectivity index (χ4n) is 1.37. The maximum Gasteiger partial charge on any atom is 0.420 e. The normalized spacial score (nSPS) is 12.4. The highest BCUT2D eigenvalue weighted by atomic mass is 19.4. The largest absolute Gasteiger partial charge is 0.480 e. The molecule has 0 saturated carbocycles. The number of rotatable bonds is 3. The molecule has 1 amide bonds. The van der Waals surface area contributed by atoms with Gasteiger partial charge in [0, 0.05) is 7.05 Å². The number of nitrogens with one attached hydrogen (secondary N) is 1. The lowest BCUT2D eigenvalue weighted by Crippen LogP contribution is -2.34. The number of ether oxygens (including phenoxy) is 1. The molecule has 0 aromatic heterocycles. The Labute approximate surface area is 107 Å². The Bertz CT molecular complexity index is 521. The number of carbonyl (C=O) groups is 1. The number of nitrogens with zero attached hydrogens (tertiary/aromatic N) is 1. The third kappa shape index (κ3) is 3.61. The van der Waals surface area contributed by atoms with Gasteiger partial charge in [-0.05, 0) is 25.1 Å². The Morgan fingerprint density at radius 2 is 2.11 bits per heavy atom. The van der Waals surface area contributed by atoms with E-state index < -0.39 is 29.5 Å². The zero-order chi connectivity index (χ0) is 14.6. The fourth-order valence-corrected chi connectivity index (χ4v) is 1.37. The van der Waals surface area contributed by atoms with Gasteiger partial charge in [-0.25, -0.2) is 0 Å². The average Bonchev–Trinajstić information content (AvgIpc) is 2.36. The molecule has 102 valence electrons. The summed E-state index contributed by atoms with van der Waals surface area (Å²) in [5, 5.41) is 10.9. The number of amides is 1. The minimum atomic E-state index is -4.66. The van der Waals surface area contributed by atoms with E-state index in [-0.39, 0.29) is 5.56 Å². The Kier molecular flexibility index (Phi) is 4.38. The Balaban J connectivity index is 3.14. The molecular weight excluding hydrogens is 261 g/mol. The zero-order valence-corrected chi connectivity index (χ0v) is 10.2. The minimum absolute atomic E-state index is 0.132. The predicted molar refractivity (Wildman–Crippen MR) is 60.3 cm³/mol. The van der Waals surface area contributed by atoms with Crippen molar-refractivity contribution in [3.8, 4) is 11.8 Å².